The first-order chi connectivity index (χ1) is 18.8. The molecule has 9 aliphatic rings. The molecule has 0 aromatic rings. The van der Waals surface area contributed by atoms with E-state index in [2.05, 4.69) is 52.4 Å². The van der Waals surface area contributed by atoms with Crippen LogP contribution < -0.4 is 0 Å². The third-order valence-corrected chi connectivity index (χ3v) is 14.9. The molecule has 0 aromatic carbocycles. The van der Waals surface area contributed by atoms with Gasteiger partial charge in [0.05, 0.1) is 0 Å². The van der Waals surface area contributed by atoms with Gasteiger partial charge in [-0.05, 0) is 129 Å². The summed E-state index contributed by atoms with van der Waals surface area (Å²) in [6.45, 7) is 0. The average Bonchev–Trinajstić information content (AvgIpc) is 3.43. The SMILES string of the molecule is BrC1CCC2C3CCCCC3C3(C4=CC5C6=C(CCCC6)C6C=CC=CC6C5C=C4C4CCCCC43)C2C1. The molecular weight excluding hydrogens is 524 g/mol. The summed E-state index contributed by atoms with van der Waals surface area (Å²) < 4.78 is 0. The van der Waals surface area contributed by atoms with E-state index < -0.39 is 0 Å². The molecule has 0 saturated heterocycles. The zero-order valence-electron chi connectivity index (χ0n) is 23.3. The van der Waals surface area contributed by atoms with E-state index in [0.717, 1.165) is 40.3 Å². The molecule has 12 unspecified atom stereocenters. The van der Waals surface area contributed by atoms with Crippen LogP contribution in [-0.2, 0) is 0 Å². The molecule has 38 heavy (non-hydrogen) atoms. The number of fused-ring (bicyclic) bond motifs is 15. The lowest BCUT2D eigenvalue weighted by Crippen LogP contribution is -2.44. The smallest absolute Gasteiger partial charge is 0.0149 e. The molecule has 202 valence electrons. The second-order valence-corrected chi connectivity index (χ2v) is 16.4. The first kappa shape index (κ1) is 23.8. The summed E-state index contributed by atoms with van der Waals surface area (Å²) in [5.41, 5.74) is 8.19. The first-order valence-electron chi connectivity index (χ1n) is 16.9. The van der Waals surface area contributed by atoms with Gasteiger partial charge in [-0.3, -0.25) is 0 Å². The number of halogens is 1. The van der Waals surface area contributed by atoms with Crippen LogP contribution in [0.3, 0.4) is 0 Å². The summed E-state index contributed by atoms with van der Waals surface area (Å²) in [6.07, 6.45) is 38.1. The van der Waals surface area contributed by atoms with Crippen LogP contribution in [0.5, 0.6) is 0 Å². The van der Waals surface area contributed by atoms with Crippen molar-refractivity contribution in [2.45, 2.75) is 101 Å². The van der Waals surface area contributed by atoms with Crippen LogP contribution in [0.25, 0.3) is 0 Å². The average molecular weight is 572 g/mol. The molecule has 0 aromatic heterocycles. The van der Waals surface area contributed by atoms with Gasteiger partial charge < -0.3 is 0 Å². The van der Waals surface area contributed by atoms with Crippen molar-refractivity contribution < 1.29 is 0 Å². The Balaban J connectivity index is 1.26. The molecule has 1 spiro atoms. The Kier molecular flexibility index (Phi) is 5.55. The lowest BCUT2D eigenvalue weighted by molar-refractivity contribution is 0.0361. The predicted molar refractivity (Wildman–Crippen MR) is 161 cm³/mol. The Morgan fingerprint density at radius 3 is 2.26 bits per heavy atom. The Bertz CT molecular complexity index is 1160. The van der Waals surface area contributed by atoms with E-state index in [1.807, 2.05) is 22.3 Å². The largest absolute Gasteiger partial charge is 0.0891 e. The molecule has 0 N–H and O–H groups in total. The fourth-order valence-electron chi connectivity index (χ4n) is 13.2. The minimum atomic E-state index is 0.513. The Morgan fingerprint density at radius 1 is 0.632 bits per heavy atom. The van der Waals surface area contributed by atoms with Crippen molar-refractivity contribution in [2.75, 3.05) is 0 Å². The summed E-state index contributed by atoms with van der Waals surface area (Å²) in [5.74, 6) is 8.59. The van der Waals surface area contributed by atoms with Crippen molar-refractivity contribution >= 4 is 15.9 Å². The van der Waals surface area contributed by atoms with Gasteiger partial charge in [0.2, 0.25) is 0 Å². The normalized spacial score (nSPS) is 52.2. The monoisotopic (exact) mass is 570 g/mol. The third kappa shape index (κ3) is 3.04. The summed E-state index contributed by atoms with van der Waals surface area (Å²) in [4.78, 5) is 0.759. The molecule has 1 heteroatoms. The molecule has 12 atom stereocenters. The van der Waals surface area contributed by atoms with E-state index in [9.17, 15) is 0 Å². The molecule has 9 rings (SSSR count). The van der Waals surface area contributed by atoms with Crippen molar-refractivity contribution in [1.29, 1.82) is 0 Å². The maximum absolute atomic E-state index is 4.21. The Morgan fingerprint density at radius 2 is 1.37 bits per heavy atom. The van der Waals surface area contributed by atoms with Crippen LogP contribution in [-0.4, -0.2) is 4.83 Å². The number of rotatable bonds is 0. The highest BCUT2D eigenvalue weighted by Gasteiger charge is 2.70. The highest BCUT2D eigenvalue weighted by molar-refractivity contribution is 9.09. The second-order valence-electron chi connectivity index (χ2n) is 15.1. The van der Waals surface area contributed by atoms with Crippen molar-refractivity contribution in [1.82, 2.24) is 0 Å². The minimum Gasteiger partial charge on any atom is -0.0891 e. The molecule has 0 heterocycles. The van der Waals surface area contributed by atoms with Gasteiger partial charge in [-0.15, -0.1) is 0 Å². The zero-order chi connectivity index (χ0) is 25.0. The van der Waals surface area contributed by atoms with Crippen LogP contribution in [0.2, 0.25) is 0 Å². The Labute approximate surface area is 239 Å². The molecule has 0 amide bonds. The van der Waals surface area contributed by atoms with Gasteiger partial charge in [0.15, 0.2) is 0 Å². The van der Waals surface area contributed by atoms with Gasteiger partial charge >= 0.3 is 0 Å². The lowest BCUT2D eigenvalue weighted by atomic mass is 9.54. The summed E-state index contributed by atoms with van der Waals surface area (Å²) in [6, 6.07) is 0. The lowest BCUT2D eigenvalue weighted by Gasteiger charge is -2.50. The van der Waals surface area contributed by atoms with E-state index in [-0.39, 0.29) is 0 Å². The van der Waals surface area contributed by atoms with Gasteiger partial charge in [-0.1, -0.05) is 89.2 Å². The predicted octanol–water partition coefficient (Wildman–Crippen LogP) is 10.1. The van der Waals surface area contributed by atoms with E-state index in [1.165, 1.54) is 83.5 Å². The molecule has 0 aliphatic heterocycles. The van der Waals surface area contributed by atoms with Crippen molar-refractivity contribution in [3.05, 3.63) is 58.7 Å². The van der Waals surface area contributed by atoms with Crippen LogP contribution in [0.4, 0.5) is 0 Å². The second kappa shape index (κ2) is 8.84. The van der Waals surface area contributed by atoms with E-state index >= 15 is 0 Å². The van der Waals surface area contributed by atoms with Crippen molar-refractivity contribution in [3.8, 4) is 0 Å². The van der Waals surface area contributed by atoms with Gasteiger partial charge in [0, 0.05) is 22.1 Å². The summed E-state index contributed by atoms with van der Waals surface area (Å²) in [5, 5.41) is 0. The van der Waals surface area contributed by atoms with Gasteiger partial charge in [0.1, 0.15) is 0 Å². The molecule has 5 saturated carbocycles. The third-order valence-electron chi connectivity index (χ3n) is 14.1. The summed E-state index contributed by atoms with van der Waals surface area (Å²) in [7, 11) is 0. The number of hydrogen-bond acceptors (Lipinski definition) is 0. The van der Waals surface area contributed by atoms with Crippen molar-refractivity contribution in [3.63, 3.8) is 0 Å². The Hall–Kier alpha value is -0.820. The van der Waals surface area contributed by atoms with Gasteiger partial charge in [-0.2, -0.15) is 0 Å². The minimum absolute atomic E-state index is 0.513. The quantitative estimate of drug-likeness (QED) is 0.200. The fraction of sp³-hybridized carbons (Fsp3) is 0.730. The number of hydrogen-bond donors (Lipinski definition) is 0. The van der Waals surface area contributed by atoms with Crippen LogP contribution in [0.15, 0.2) is 58.7 Å². The van der Waals surface area contributed by atoms with Crippen molar-refractivity contribution in [2.24, 2.45) is 64.6 Å². The molecule has 0 radical (unpaired) electrons. The van der Waals surface area contributed by atoms with E-state index in [0.29, 0.717) is 29.1 Å². The van der Waals surface area contributed by atoms with Gasteiger partial charge in [0.25, 0.3) is 0 Å². The zero-order valence-corrected chi connectivity index (χ0v) is 24.9. The first-order valence-corrected chi connectivity index (χ1v) is 17.8. The van der Waals surface area contributed by atoms with Crippen LogP contribution in [0.1, 0.15) is 96.3 Å². The standard InChI is InChI=1S/C37H47Br/c38-22-17-18-29-27-13-5-7-15-33(27)37(35(29)19-22)34-16-8-6-14-28(34)32-20-30-25-11-3-1-9-23(25)24-10-2-4-12-26(24)31(30)21-36(32)37/h1,3,9,11,20-23,25,27-31,33-35H,2,4-8,10,12-19H2. The number of allylic oxidation sites excluding steroid dienone is 10. The maximum atomic E-state index is 4.21. The maximum Gasteiger partial charge on any atom is 0.0149 e. The molecule has 9 aliphatic carbocycles. The molecule has 0 nitrogen and oxygen atoms in total. The van der Waals surface area contributed by atoms with Crippen LogP contribution >= 0.6 is 15.9 Å². The topological polar surface area (TPSA) is 0 Å². The number of alkyl halides is 1. The highest BCUT2D eigenvalue weighted by Crippen LogP contribution is 2.77. The van der Waals surface area contributed by atoms with E-state index in [4.69, 9.17) is 0 Å². The van der Waals surface area contributed by atoms with Crippen LogP contribution in [0, 0.1) is 64.6 Å². The highest BCUT2D eigenvalue weighted by atomic mass is 79.9. The van der Waals surface area contributed by atoms with E-state index in [1.54, 1.807) is 12.8 Å². The molecule has 0 bridgehead atoms. The molecule has 5 fully saturated rings. The molecular formula is C37H47Br. The van der Waals surface area contributed by atoms with Gasteiger partial charge in [-0.25, -0.2) is 0 Å². The summed E-state index contributed by atoms with van der Waals surface area (Å²) >= 11 is 4.21. The fourth-order valence-corrected chi connectivity index (χ4v) is 13.9.